The second-order valence-electron chi connectivity index (χ2n) is 3.15. The van der Waals surface area contributed by atoms with E-state index < -0.39 is 34.7 Å². The topological polar surface area (TPSA) is 0 Å². The van der Waals surface area contributed by atoms with Gasteiger partial charge in [0.15, 0.2) is 0 Å². The summed E-state index contributed by atoms with van der Waals surface area (Å²) in [5.41, 5.74) is -1.24. The van der Waals surface area contributed by atoms with Crippen LogP contribution in [0.15, 0.2) is 18.2 Å². The number of alkyl halides is 6. The summed E-state index contributed by atoms with van der Waals surface area (Å²) >= 11 is 4.88. The Morgan fingerprint density at radius 1 is 1.00 bits per heavy atom. The fourth-order valence-corrected chi connectivity index (χ4v) is 1.34. The third-order valence-corrected chi connectivity index (χ3v) is 2.44. The molecule has 0 radical (unpaired) electrons. The number of hydrogen-bond donors (Lipinski definition) is 0. The minimum atomic E-state index is -5.95. The first kappa shape index (κ1) is 14.1. The summed E-state index contributed by atoms with van der Waals surface area (Å²) in [6.07, 6.45) is -5.95. The molecular weight excluding hydrogens is 277 g/mol. The standard InChI is InChI=1S/C9H4ClF7/c10-7(8(13,14)9(15,16)17)5-3-4(11)1-2-6(5)12/h1-3,7H. The van der Waals surface area contributed by atoms with E-state index in [0.29, 0.717) is 12.1 Å². The maximum Gasteiger partial charge on any atom is 0.455 e. The summed E-state index contributed by atoms with van der Waals surface area (Å²) in [5, 5.41) is -3.03. The normalized spacial score (nSPS) is 14.8. The Kier molecular flexibility index (Phi) is 3.61. The Labute approximate surface area is 96.0 Å². The van der Waals surface area contributed by atoms with Crippen molar-refractivity contribution in [2.45, 2.75) is 17.5 Å². The lowest BCUT2D eigenvalue weighted by Crippen LogP contribution is -2.40. The van der Waals surface area contributed by atoms with Crippen molar-refractivity contribution in [3.05, 3.63) is 35.4 Å². The lowest BCUT2D eigenvalue weighted by atomic mass is 10.1. The molecule has 0 saturated heterocycles. The van der Waals surface area contributed by atoms with E-state index in [1.807, 2.05) is 0 Å². The number of benzene rings is 1. The van der Waals surface area contributed by atoms with E-state index in [2.05, 4.69) is 0 Å². The highest BCUT2D eigenvalue weighted by atomic mass is 35.5. The zero-order valence-electron chi connectivity index (χ0n) is 7.83. The Morgan fingerprint density at radius 2 is 1.53 bits per heavy atom. The van der Waals surface area contributed by atoms with Gasteiger partial charge in [-0.25, -0.2) is 8.78 Å². The van der Waals surface area contributed by atoms with Crippen molar-refractivity contribution < 1.29 is 30.7 Å². The third-order valence-electron chi connectivity index (χ3n) is 1.93. The van der Waals surface area contributed by atoms with Crippen molar-refractivity contribution in [1.29, 1.82) is 0 Å². The monoisotopic (exact) mass is 280 g/mol. The number of halogens is 8. The van der Waals surface area contributed by atoms with Gasteiger partial charge in [0.25, 0.3) is 0 Å². The zero-order chi connectivity index (χ0) is 13.4. The molecule has 0 fully saturated rings. The van der Waals surface area contributed by atoms with Crippen molar-refractivity contribution >= 4 is 11.6 Å². The molecular formula is C9H4ClF7. The molecule has 8 heteroatoms. The van der Waals surface area contributed by atoms with Gasteiger partial charge in [-0.2, -0.15) is 22.0 Å². The first-order chi connectivity index (χ1) is 7.57. The molecule has 0 aliphatic carbocycles. The van der Waals surface area contributed by atoms with Crippen LogP contribution >= 0.6 is 11.6 Å². The Morgan fingerprint density at radius 3 is 2.00 bits per heavy atom. The van der Waals surface area contributed by atoms with E-state index >= 15 is 0 Å². The van der Waals surface area contributed by atoms with Crippen LogP contribution in [0.2, 0.25) is 0 Å². The Hall–Kier alpha value is -0.980. The molecule has 96 valence electrons. The van der Waals surface area contributed by atoms with Crippen LogP contribution < -0.4 is 0 Å². The summed E-state index contributed by atoms with van der Waals surface area (Å²) in [4.78, 5) is 0. The van der Waals surface area contributed by atoms with Crippen molar-refractivity contribution in [1.82, 2.24) is 0 Å². The molecule has 0 saturated carbocycles. The van der Waals surface area contributed by atoms with Gasteiger partial charge >= 0.3 is 12.1 Å². The first-order valence-electron chi connectivity index (χ1n) is 4.11. The molecule has 1 aromatic carbocycles. The molecule has 0 heterocycles. The second kappa shape index (κ2) is 4.36. The van der Waals surface area contributed by atoms with Gasteiger partial charge in [0.1, 0.15) is 17.0 Å². The minimum Gasteiger partial charge on any atom is -0.207 e. The predicted molar refractivity (Wildman–Crippen MR) is 46.0 cm³/mol. The molecule has 0 aliphatic rings. The minimum absolute atomic E-state index is 0.201. The molecule has 17 heavy (non-hydrogen) atoms. The van der Waals surface area contributed by atoms with Gasteiger partial charge in [0.2, 0.25) is 0 Å². The van der Waals surface area contributed by atoms with E-state index in [1.165, 1.54) is 0 Å². The summed E-state index contributed by atoms with van der Waals surface area (Å²) in [7, 11) is 0. The highest BCUT2D eigenvalue weighted by Crippen LogP contribution is 2.48. The smallest absolute Gasteiger partial charge is 0.207 e. The van der Waals surface area contributed by atoms with Crippen LogP contribution in [0.5, 0.6) is 0 Å². The van der Waals surface area contributed by atoms with Crippen LogP contribution in [0.1, 0.15) is 10.9 Å². The highest BCUT2D eigenvalue weighted by Gasteiger charge is 2.62. The molecule has 0 nitrogen and oxygen atoms in total. The van der Waals surface area contributed by atoms with Crippen LogP contribution in [0.3, 0.4) is 0 Å². The maximum atomic E-state index is 13.0. The number of hydrogen-bond acceptors (Lipinski definition) is 0. The lowest BCUT2D eigenvalue weighted by Gasteiger charge is -2.24. The average molecular weight is 281 g/mol. The van der Waals surface area contributed by atoms with E-state index in [-0.39, 0.29) is 6.07 Å². The van der Waals surface area contributed by atoms with Crippen LogP contribution in [0.4, 0.5) is 30.7 Å². The van der Waals surface area contributed by atoms with Gasteiger partial charge in [-0.05, 0) is 18.2 Å². The van der Waals surface area contributed by atoms with Crippen LogP contribution in [-0.4, -0.2) is 12.1 Å². The maximum absolute atomic E-state index is 13.0. The Bertz CT molecular complexity index is 412. The molecule has 1 unspecified atom stereocenters. The molecule has 0 N–H and O–H groups in total. The second-order valence-corrected chi connectivity index (χ2v) is 3.59. The van der Waals surface area contributed by atoms with Crippen LogP contribution in [0.25, 0.3) is 0 Å². The van der Waals surface area contributed by atoms with Crippen molar-refractivity contribution in [2.24, 2.45) is 0 Å². The average Bonchev–Trinajstić information content (AvgIpc) is 2.19. The fourth-order valence-electron chi connectivity index (χ4n) is 1.05. The zero-order valence-corrected chi connectivity index (χ0v) is 8.59. The van der Waals surface area contributed by atoms with Crippen LogP contribution in [-0.2, 0) is 0 Å². The quantitative estimate of drug-likeness (QED) is 0.555. The molecule has 0 aromatic heterocycles. The highest BCUT2D eigenvalue weighted by molar-refractivity contribution is 6.21. The molecule has 1 aromatic rings. The molecule has 0 aliphatic heterocycles. The lowest BCUT2D eigenvalue weighted by molar-refractivity contribution is -0.283. The van der Waals surface area contributed by atoms with Gasteiger partial charge < -0.3 is 0 Å². The van der Waals surface area contributed by atoms with Crippen LogP contribution in [0, 0.1) is 11.6 Å². The fraction of sp³-hybridized carbons (Fsp3) is 0.333. The van der Waals surface area contributed by atoms with E-state index in [9.17, 15) is 30.7 Å². The molecule has 0 spiro atoms. The van der Waals surface area contributed by atoms with E-state index in [4.69, 9.17) is 11.6 Å². The summed E-state index contributed by atoms with van der Waals surface area (Å²) in [6.45, 7) is 0. The predicted octanol–water partition coefficient (Wildman–Crippen LogP) is 4.44. The van der Waals surface area contributed by atoms with Gasteiger partial charge in [0.05, 0.1) is 0 Å². The van der Waals surface area contributed by atoms with Gasteiger partial charge in [0, 0.05) is 5.56 Å². The van der Waals surface area contributed by atoms with Crippen molar-refractivity contribution in [3.8, 4) is 0 Å². The summed E-state index contributed by atoms with van der Waals surface area (Å²) < 4.78 is 87.0. The Balaban J connectivity index is 3.21. The first-order valence-corrected chi connectivity index (χ1v) is 4.54. The third kappa shape index (κ3) is 2.65. The molecule has 0 bridgehead atoms. The SMILES string of the molecule is Fc1ccc(F)c(C(Cl)C(F)(F)C(F)(F)F)c1. The number of rotatable bonds is 2. The van der Waals surface area contributed by atoms with E-state index in [1.54, 1.807) is 0 Å². The van der Waals surface area contributed by atoms with Crippen molar-refractivity contribution in [3.63, 3.8) is 0 Å². The largest absolute Gasteiger partial charge is 0.455 e. The van der Waals surface area contributed by atoms with Gasteiger partial charge in [-0.1, -0.05) is 0 Å². The molecule has 0 amide bonds. The molecule has 1 atom stereocenters. The molecule has 1 rings (SSSR count). The van der Waals surface area contributed by atoms with Gasteiger partial charge in [-0.15, -0.1) is 11.6 Å². The summed E-state index contributed by atoms with van der Waals surface area (Å²) in [5.74, 6) is -7.95. The van der Waals surface area contributed by atoms with Crippen molar-refractivity contribution in [2.75, 3.05) is 0 Å². The van der Waals surface area contributed by atoms with E-state index in [0.717, 1.165) is 0 Å². The van der Waals surface area contributed by atoms with Gasteiger partial charge in [-0.3, -0.25) is 0 Å². The summed E-state index contributed by atoms with van der Waals surface area (Å²) in [6, 6.07) is 1.20.